The Morgan fingerprint density at radius 1 is 1.17 bits per heavy atom. The molecule has 46 heavy (non-hydrogen) atoms. The number of nitrogen functional groups attached to an aromatic ring is 1. The maximum absolute atomic E-state index is 17.0. The molecule has 2 aromatic carbocycles. The summed E-state index contributed by atoms with van der Waals surface area (Å²) in [6.45, 7) is 0.804. The fraction of sp³-hybridized carbons (Fsp3) is 0.452. The fourth-order valence-corrected chi connectivity index (χ4v) is 8.95. The topological polar surface area (TPSA) is 101 Å². The van der Waals surface area contributed by atoms with Crippen molar-refractivity contribution in [3.63, 3.8) is 0 Å². The van der Waals surface area contributed by atoms with E-state index in [-0.39, 0.29) is 91.5 Å². The Labute approximate surface area is 268 Å². The van der Waals surface area contributed by atoms with Gasteiger partial charge in [-0.15, -0.1) is 11.3 Å². The largest absolute Gasteiger partial charge is 0.489 e. The van der Waals surface area contributed by atoms with Crippen LogP contribution in [0.5, 0.6) is 11.8 Å². The highest BCUT2D eigenvalue weighted by Crippen LogP contribution is 2.52. The molecule has 15 heteroatoms. The number of piperidine rings is 1. The third-order valence-corrected chi connectivity index (χ3v) is 11.1. The molecule has 3 fully saturated rings. The van der Waals surface area contributed by atoms with Gasteiger partial charge in [0.15, 0.2) is 11.6 Å². The molecule has 0 radical (unpaired) electrons. The maximum Gasteiger partial charge on any atom is 0.319 e. The van der Waals surface area contributed by atoms with Crippen LogP contribution in [0.4, 0.5) is 32.8 Å². The molecule has 3 saturated heterocycles. The first-order chi connectivity index (χ1) is 22.0. The molecule has 0 spiro atoms. The van der Waals surface area contributed by atoms with Crippen molar-refractivity contribution in [2.75, 3.05) is 43.5 Å². The lowest BCUT2D eigenvalue weighted by Crippen LogP contribution is -2.49. The van der Waals surface area contributed by atoms with Gasteiger partial charge in [-0.25, -0.2) is 22.0 Å². The van der Waals surface area contributed by atoms with E-state index in [1.54, 1.807) is 4.90 Å². The number of hydrogen-bond acceptors (Lipinski definition) is 9. The summed E-state index contributed by atoms with van der Waals surface area (Å²) in [6, 6.07) is 3.37. The van der Waals surface area contributed by atoms with Crippen LogP contribution in [-0.2, 0) is 0 Å². The molecule has 3 atom stereocenters. The van der Waals surface area contributed by atoms with Gasteiger partial charge in [-0.1, -0.05) is 17.7 Å². The zero-order valence-corrected chi connectivity index (χ0v) is 25.8. The van der Waals surface area contributed by atoms with Gasteiger partial charge >= 0.3 is 6.01 Å². The Kier molecular flexibility index (Phi) is 6.73. The van der Waals surface area contributed by atoms with Crippen LogP contribution >= 0.6 is 22.9 Å². The van der Waals surface area contributed by atoms with Crippen LogP contribution in [0.1, 0.15) is 37.7 Å². The number of hydrogen-bond donors (Lipinski definition) is 1. The van der Waals surface area contributed by atoms with Gasteiger partial charge in [-0.05, 0) is 31.0 Å². The second-order valence-corrected chi connectivity index (χ2v) is 13.9. The van der Waals surface area contributed by atoms with Gasteiger partial charge in [0.05, 0.1) is 32.3 Å². The molecule has 6 heterocycles. The van der Waals surface area contributed by atoms with Gasteiger partial charge in [0.2, 0.25) is 0 Å². The fourth-order valence-electron chi connectivity index (χ4n) is 7.67. The predicted molar refractivity (Wildman–Crippen MR) is 164 cm³/mol. The number of ether oxygens (including phenoxy) is 2. The minimum Gasteiger partial charge on any atom is -0.489 e. The number of halogens is 6. The molecule has 0 bridgehead atoms. The van der Waals surface area contributed by atoms with Crippen LogP contribution in [0.3, 0.4) is 0 Å². The summed E-state index contributed by atoms with van der Waals surface area (Å²) in [5.74, 6) is -4.41. The zero-order chi connectivity index (χ0) is 32.1. The van der Waals surface area contributed by atoms with Gasteiger partial charge in [-0.2, -0.15) is 15.2 Å². The predicted octanol–water partition coefficient (Wildman–Crippen LogP) is 6.85. The van der Waals surface area contributed by atoms with Crippen molar-refractivity contribution in [1.82, 2.24) is 14.9 Å². The van der Waals surface area contributed by atoms with E-state index >= 15 is 4.39 Å². The third-order valence-electron chi connectivity index (χ3n) is 9.76. The summed E-state index contributed by atoms with van der Waals surface area (Å²) in [5.41, 5.74) is 5.07. The van der Waals surface area contributed by atoms with E-state index in [0.29, 0.717) is 6.54 Å². The Hall–Kier alpha value is -3.67. The zero-order valence-electron chi connectivity index (χ0n) is 24.2. The van der Waals surface area contributed by atoms with E-state index in [0.717, 1.165) is 36.8 Å². The molecule has 8 rings (SSSR count). The van der Waals surface area contributed by atoms with E-state index in [1.807, 2.05) is 6.07 Å². The smallest absolute Gasteiger partial charge is 0.319 e. The summed E-state index contributed by atoms with van der Waals surface area (Å²) in [6.07, 6.45) is -0.0900. The first kappa shape index (κ1) is 29.7. The number of nitrogens with two attached hydrogens (primary N) is 1. The Morgan fingerprint density at radius 3 is 2.80 bits per heavy atom. The van der Waals surface area contributed by atoms with Crippen LogP contribution < -0.4 is 20.1 Å². The molecule has 2 unspecified atom stereocenters. The van der Waals surface area contributed by atoms with Crippen LogP contribution in [0.15, 0.2) is 12.1 Å². The number of alkyl halides is 3. The van der Waals surface area contributed by atoms with Crippen molar-refractivity contribution in [3.05, 3.63) is 34.4 Å². The van der Waals surface area contributed by atoms with E-state index in [1.165, 1.54) is 6.07 Å². The molecular weight excluding hydrogens is 651 g/mol. The Balaban J connectivity index is 1.34. The van der Waals surface area contributed by atoms with Crippen LogP contribution in [-0.4, -0.2) is 71.4 Å². The van der Waals surface area contributed by atoms with Crippen molar-refractivity contribution >= 4 is 54.7 Å². The Morgan fingerprint density at radius 2 is 2.00 bits per heavy atom. The maximum atomic E-state index is 17.0. The highest BCUT2D eigenvalue weighted by Gasteiger charge is 2.50. The number of aromatic nitrogens is 2. The average molecular weight is 677 g/mol. The minimum atomic E-state index is -2.95. The lowest BCUT2D eigenvalue weighted by molar-refractivity contribution is -0.0378. The molecule has 0 aliphatic carbocycles. The van der Waals surface area contributed by atoms with Gasteiger partial charge in [0.1, 0.15) is 47.6 Å². The number of nitrogens with zero attached hydrogens (tertiary/aromatic N) is 5. The highest BCUT2D eigenvalue weighted by atomic mass is 35.5. The number of fused-ring (bicyclic) bond motifs is 4. The summed E-state index contributed by atoms with van der Waals surface area (Å²) >= 11 is 7.75. The summed E-state index contributed by atoms with van der Waals surface area (Å²) in [4.78, 5) is 12.8. The lowest BCUT2D eigenvalue weighted by Gasteiger charge is -2.38. The minimum absolute atomic E-state index is 0.0249. The molecule has 240 valence electrons. The van der Waals surface area contributed by atoms with Crippen molar-refractivity contribution < 1.29 is 31.4 Å². The number of benzene rings is 2. The van der Waals surface area contributed by atoms with Crippen LogP contribution in [0.25, 0.3) is 32.1 Å². The number of rotatable bonds is 4. The molecule has 8 nitrogen and oxygen atoms in total. The van der Waals surface area contributed by atoms with Crippen LogP contribution in [0.2, 0.25) is 5.02 Å². The summed E-state index contributed by atoms with van der Waals surface area (Å²) in [7, 11) is 0. The first-order valence-corrected chi connectivity index (χ1v) is 16.1. The molecule has 0 saturated carbocycles. The van der Waals surface area contributed by atoms with Gasteiger partial charge in [-0.3, -0.25) is 4.90 Å². The monoisotopic (exact) mass is 676 g/mol. The first-order valence-electron chi connectivity index (χ1n) is 14.9. The van der Waals surface area contributed by atoms with Crippen molar-refractivity contribution in [1.29, 1.82) is 5.26 Å². The van der Waals surface area contributed by atoms with Crippen molar-refractivity contribution in [2.45, 2.75) is 55.8 Å². The number of thiophene rings is 1. The van der Waals surface area contributed by atoms with Gasteiger partial charge in [0.25, 0.3) is 5.92 Å². The third kappa shape index (κ3) is 4.38. The quantitative estimate of drug-likeness (QED) is 0.235. The summed E-state index contributed by atoms with van der Waals surface area (Å²) < 4.78 is 87.8. The van der Waals surface area contributed by atoms with E-state index in [2.05, 4.69) is 14.9 Å². The molecule has 4 aliphatic rings. The Bertz CT molecular complexity index is 1990. The summed E-state index contributed by atoms with van der Waals surface area (Å²) in [5, 5.41) is 9.87. The molecule has 0 amide bonds. The van der Waals surface area contributed by atoms with Crippen LogP contribution in [0, 0.1) is 23.0 Å². The number of nitriles is 1. The second kappa shape index (κ2) is 10.4. The molecule has 4 aliphatic heterocycles. The normalized spacial score (nSPS) is 25.3. The van der Waals surface area contributed by atoms with E-state index < -0.39 is 48.2 Å². The SMILES string of the molecule is N#Cc1c(N)sc2c(F)ccc(-c3c(Cl)c4c5c(nc(OCC67CCCN6C[C@H](F)C7)nc5c3F)N3CCC(F)(F)CC3CO4)c12. The number of anilines is 2. The molecule has 4 aromatic rings. The molecule has 2 aromatic heterocycles. The second-order valence-electron chi connectivity index (χ2n) is 12.5. The molecular formula is C31H26ClF5N6O2S. The average Bonchev–Trinajstić information content (AvgIpc) is 3.62. The van der Waals surface area contributed by atoms with Crippen molar-refractivity contribution in [3.8, 4) is 29.0 Å². The molecule has 2 N–H and O–H groups in total. The van der Waals surface area contributed by atoms with Gasteiger partial charge < -0.3 is 20.1 Å². The van der Waals surface area contributed by atoms with Gasteiger partial charge in [0, 0.05) is 43.3 Å². The van der Waals surface area contributed by atoms with Crippen molar-refractivity contribution in [2.24, 2.45) is 0 Å². The lowest BCUT2D eigenvalue weighted by atomic mass is 9.95. The van der Waals surface area contributed by atoms with E-state index in [9.17, 15) is 22.8 Å². The highest BCUT2D eigenvalue weighted by molar-refractivity contribution is 7.23. The standard InChI is InChI=1S/C31H26ClF5N6O2S/c32-22-20(16-2-3-18(34)26-19(16)17(10-38)27(39)46-26)23(35)24-21-25(22)44-12-15-9-31(36,37)5-7-43(15)28(21)41-29(40-24)45-13-30-4-1-6-42(30)11-14(33)8-30/h2-3,14-15H,1,4-9,11-13,39H2/t14-,15?,30?/m1/s1. The van der Waals surface area contributed by atoms with E-state index in [4.69, 9.17) is 26.8 Å².